The molecule has 3 aromatic rings. The van der Waals surface area contributed by atoms with E-state index in [0.29, 0.717) is 5.56 Å². The number of hydrogen-bond donors (Lipinski definition) is 1. The molecule has 1 N–H and O–H groups in total. The lowest BCUT2D eigenvalue weighted by molar-refractivity contribution is -0.127. The molecule has 1 fully saturated rings. The van der Waals surface area contributed by atoms with E-state index in [1.165, 1.54) is 28.7 Å². The van der Waals surface area contributed by atoms with Crippen LogP contribution >= 0.6 is 11.3 Å². The van der Waals surface area contributed by atoms with Crippen LogP contribution < -0.4 is 10.2 Å². The van der Waals surface area contributed by atoms with Crippen LogP contribution in [0.3, 0.4) is 0 Å². The molecule has 1 aromatic carbocycles. The molecule has 2 amide bonds. The minimum absolute atomic E-state index is 0.0605. The number of hydrogen-bond acceptors (Lipinski definition) is 4. The van der Waals surface area contributed by atoms with Crippen LogP contribution in [0.5, 0.6) is 0 Å². The maximum absolute atomic E-state index is 14.9. The molecular weight excluding hydrogens is 425 g/mol. The zero-order chi connectivity index (χ0) is 22.3. The number of pyridine rings is 1. The van der Waals surface area contributed by atoms with Crippen LogP contribution in [0, 0.1) is 5.82 Å². The third kappa shape index (κ3) is 5.22. The van der Waals surface area contributed by atoms with Crippen LogP contribution in [0.15, 0.2) is 66.3 Å². The number of anilines is 1. The lowest BCUT2D eigenvalue weighted by Gasteiger charge is -2.33. The van der Waals surface area contributed by atoms with Gasteiger partial charge in [0.25, 0.3) is 0 Å². The first kappa shape index (κ1) is 22.1. The molecule has 0 unspecified atom stereocenters. The summed E-state index contributed by atoms with van der Waals surface area (Å²) in [4.78, 5) is 33.4. The Bertz CT molecular complexity index is 1040. The fraction of sp³-hybridized carbons (Fsp3) is 0.320. The number of carbonyl (C=O) groups excluding carboxylic acids is 2. The van der Waals surface area contributed by atoms with Crippen molar-refractivity contribution in [1.29, 1.82) is 0 Å². The Hall–Kier alpha value is -3.06. The van der Waals surface area contributed by atoms with Gasteiger partial charge in [-0.1, -0.05) is 43.5 Å². The molecule has 1 saturated carbocycles. The van der Waals surface area contributed by atoms with Crippen molar-refractivity contribution in [2.45, 2.75) is 50.6 Å². The summed E-state index contributed by atoms with van der Waals surface area (Å²) in [5.41, 5.74) is 0.630. The summed E-state index contributed by atoms with van der Waals surface area (Å²) in [6.45, 7) is 0. The van der Waals surface area contributed by atoms with Crippen LogP contribution in [0.25, 0.3) is 0 Å². The van der Waals surface area contributed by atoms with E-state index in [1.54, 1.807) is 42.7 Å². The van der Waals surface area contributed by atoms with Gasteiger partial charge >= 0.3 is 0 Å². The molecule has 7 heteroatoms. The Morgan fingerprint density at radius 1 is 1.09 bits per heavy atom. The average molecular weight is 452 g/mol. The van der Waals surface area contributed by atoms with Crippen molar-refractivity contribution < 1.29 is 14.0 Å². The second-order valence-electron chi connectivity index (χ2n) is 8.00. The van der Waals surface area contributed by atoms with Gasteiger partial charge in [0, 0.05) is 28.9 Å². The van der Waals surface area contributed by atoms with Crippen LogP contribution in [-0.4, -0.2) is 22.8 Å². The minimum Gasteiger partial charge on any atom is -0.351 e. The first-order chi connectivity index (χ1) is 15.6. The standard InChI is InChI=1S/C25H26FN3O2S/c26-21-12-4-5-13-22(21)29(23(30)16-20-11-7-15-32-20)24(18-8-6-14-27-17-18)25(31)28-19-9-2-1-3-10-19/h4-8,11-15,17,19,24H,1-3,9-10,16H2,(H,28,31)/t24-/m0/s1. The number of halogens is 1. The predicted molar refractivity (Wildman–Crippen MR) is 124 cm³/mol. The van der Waals surface area contributed by atoms with Gasteiger partial charge in [-0.25, -0.2) is 4.39 Å². The topological polar surface area (TPSA) is 62.3 Å². The van der Waals surface area contributed by atoms with E-state index in [4.69, 9.17) is 0 Å². The highest BCUT2D eigenvalue weighted by Crippen LogP contribution is 2.31. The second-order valence-corrected chi connectivity index (χ2v) is 9.04. The number of benzene rings is 1. The summed E-state index contributed by atoms with van der Waals surface area (Å²) in [5, 5.41) is 5.01. The normalized spacial score (nSPS) is 15.2. The number of aromatic nitrogens is 1. The second kappa shape index (κ2) is 10.5. The molecule has 0 aliphatic heterocycles. The maximum atomic E-state index is 14.9. The maximum Gasteiger partial charge on any atom is 0.248 e. The van der Waals surface area contributed by atoms with E-state index >= 15 is 0 Å². The lowest BCUT2D eigenvalue weighted by Crippen LogP contribution is -2.48. The highest BCUT2D eigenvalue weighted by molar-refractivity contribution is 7.10. The van der Waals surface area contributed by atoms with Crippen LogP contribution in [-0.2, 0) is 16.0 Å². The van der Waals surface area contributed by atoms with Gasteiger partial charge in [0.05, 0.1) is 12.1 Å². The van der Waals surface area contributed by atoms with Crippen LogP contribution in [0.2, 0.25) is 0 Å². The van der Waals surface area contributed by atoms with E-state index < -0.39 is 11.9 Å². The molecule has 32 heavy (non-hydrogen) atoms. The zero-order valence-corrected chi connectivity index (χ0v) is 18.6. The fourth-order valence-electron chi connectivity index (χ4n) is 4.19. The fourth-order valence-corrected chi connectivity index (χ4v) is 4.89. The third-order valence-electron chi connectivity index (χ3n) is 5.74. The van der Waals surface area contributed by atoms with Crippen molar-refractivity contribution in [1.82, 2.24) is 10.3 Å². The Labute approximate surface area is 191 Å². The summed E-state index contributed by atoms with van der Waals surface area (Å²) in [6, 6.07) is 12.3. The van der Waals surface area contributed by atoms with Gasteiger partial charge in [-0.15, -0.1) is 11.3 Å². The van der Waals surface area contributed by atoms with Crippen molar-refractivity contribution >= 4 is 28.8 Å². The van der Waals surface area contributed by atoms with Gasteiger partial charge in [0.2, 0.25) is 11.8 Å². The van der Waals surface area contributed by atoms with E-state index in [0.717, 1.165) is 30.6 Å². The van der Waals surface area contributed by atoms with Crippen molar-refractivity contribution in [2.24, 2.45) is 0 Å². The molecule has 5 nitrogen and oxygen atoms in total. The SMILES string of the molecule is O=C(NC1CCCCC1)[C@H](c1cccnc1)N(C(=O)Cc1cccs1)c1ccccc1F. The largest absolute Gasteiger partial charge is 0.351 e. The summed E-state index contributed by atoms with van der Waals surface area (Å²) >= 11 is 1.46. The quantitative estimate of drug-likeness (QED) is 0.547. The summed E-state index contributed by atoms with van der Waals surface area (Å²) in [6.07, 6.45) is 8.38. The summed E-state index contributed by atoms with van der Waals surface area (Å²) in [5.74, 6) is -1.20. The van der Waals surface area contributed by atoms with Gasteiger partial charge in [-0.3, -0.25) is 19.5 Å². The van der Waals surface area contributed by atoms with Gasteiger partial charge in [-0.05, 0) is 42.5 Å². The predicted octanol–water partition coefficient (Wildman–Crippen LogP) is 5.05. The zero-order valence-electron chi connectivity index (χ0n) is 17.7. The summed E-state index contributed by atoms with van der Waals surface area (Å²) in [7, 11) is 0. The molecule has 0 radical (unpaired) electrons. The molecule has 2 heterocycles. The van der Waals surface area contributed by atoms with Crippen molar-refractivity contribution in [2.75, 3.05) is 4.90 Å². The Morgan fingerprint density at radius 2 is 1.91 bits per heavy atom. The van der Waals surface area contributed by atoms with Crippen LogP contribution in [0.4, 0.5) is 10.1 Å². The summed E-state index contributed by atoms with van der Waals surface area (Å²) < 4.78 is 14.9. The molecule has 0 bridgehead atoms. The minimum atomic E-state index is -1.02. The first-order valence-electron chi connectivity index (χ1n) is 10.9. The third-order valence-corrected chi connectivity index (χ3v) is 6.62. The monoisotopic (exact) mass is 451 g/mol. The first-order valence-corrected chi connectivity index (χ1v) is 11.8. The number of amides is 2. The molecular formula is C25H26FN3O2S. The van der Waals surface area contributed by atoms with Crippen molar-refractivity contribution in [3.05, 3.63) is 82.6 Å². The molecule has 0 saturated heterocycles. The lowest BCUT2D eigenvalue weighted by atomic mass is 9.94. The Kier molecular flexibility index (Phi) is 7.27. The Balaban J connectivity index is 1.74. The molecule has 166 valence electrons. The highest BCUT2D eigenvalue weighted by Gasteiger charge is 2.35. The van der Waals surface area contributed by atoms with E-state index in [-0.39, 0.29) is 30.0 Å². The number of nitrogens with zero attached hydrogens (tertiary/aromatic N) is 2. The van der Waals surface area contributed by atoms with E-state index in [2.05, 4.69) is 10.3 Å². The highest BCUT2D eigenvalue weighted by atomic mass is 32.1. The van der Waals surface area contributed by atoms with Crippen molar-refractivity contribution in [3.63, 3.8) is 0 Å². The van der Waals surface area contributed by atoms with E-state index in [9.17, 15) is 14.0 Å². The number of rotatable bonds is 7. The van der Waals surface area contributed by atoms with E-state index in [1.807, 2.05) is 17.5 Å². The number of carbonyl (C=O) groups is 2. The number of thiophene rings is 1. The molecule has 2 aromatic heterocycles. The molecule has 4 rings (SSSR count). The van der Waals surface area contributed by atoms with Crippen LogP contribution in [0.1, 0.15) is 48.6 Å². The molecule has 1 aliphatic rings. The number of para-hydroxylation sites is 1. The van der Waals surface area contributed by atoms with Crippen molar-refractivity contribution in [3.8, 4) is 0 Å². The van der Waals surface area contributed by atoms with Gasteiger partial charge in [0.1, 0.15) is 11.9 Å². The molecule has 0 spiro atoms. The average Bonchev–Trinajstić information content (AvgIpc) is 3.32. The Morgan fingerprint density at radius 3 is 2.59 bits per heavy atom. The molecule has 1 aliphatic carbocycles. The van der Waals surface area contributed by atoms with Gasteiger partial charge in [0.15, 0.2) is 0 Å². The van der Waals surface area contributed by atoms with Gasteiger partial charge in [-0.2, -0.15) is 0 Å². The number of nitrogens with one attached hydrogen (secondary N) is 1. The van der Waals surface area contributed by atoms with Gasteiger partial charge < -0.3 is 5.32 Å². The molecule has 1 atom stereocenters. The smallest absolute Gasteiger partial charge is 0.248 e.